The van der Waals surface area contributed by atoms with Crippen molar-refractivity contribution in [3.63, 3.8) is 0 Å². The van der Waals surface area contributed by atoms with Crippen LogP contribution in [0.3, 0.4) is 0 Å². The maximum Gasteiger partial charge on any atom is 0.276 e. The van der Waals surface area contributed by atoms with E-state index in [1.165, 1.54) is 18.2 Å². The average molecular weight is 364 g/mol. The molecule has 0 radical (unpaired) electrons. The molecule has 2 aromatic carbocycles. The molecule has 1 heterocycles. The first-order valence-corrected chi connectivity index (χ1v) is 8.67. The van der Waals surface area contributed by atoms with E-state index >= 15 is 0 Å². The first-order valence-electron chi connectivity index (χ1n) is 8.67. The van der Waals surface area contributed by atoms with Crippen LogP contribution in [0.25, 0.3) is 17.1 Å². The molecule has 0 spiro atoms. The highest BCUT2D eigenvalue weighted by molar-refractivity contribution is 5.92. The third-order valence-electron chi connectivity index (χ3n) is 4.25. The van der Waals surface area contributed by atoms with E-state index in [2.05, 4.69) is 14.9 Å². The van der Waals surface area contributed by atoms with Gasteiger partial charge in [0, 0.05) is 25.2 Å². The van der Waals surface area contributed by atoms with Crippen molar-refractivity contribution in [2.45, 2.75) is 19.9 Å². The lowest BCUT2D eigenvalue weighted by Gasteiger charge is -2.07. The number of carbonyl (C=O) groups is 1. The molecule has 0 atom stereocenters. The summed E-state index contributed by atoms with van der Waals surface area (Å²) in [6, 6.07) is 14.3. The Bertz CT molecular complexity index is 1010. The van der Waals surface area contributed by atoms with Crippen LogP contribution in [0.1, 0.15) is 17.8 Å². The Hall–Kier alpha value is -3.48. The Balaban J connectivity index is 1.53. The number of nitrogens with zero attached hydrogens (tertiary/aromatic N) is 3. The van der Waals surface area contributed by atoms with E-state index in [0.29, 0.717) is 12.1 Å². The number of para-hydroxylation sites is 3. The van der Waals surface area contributed by atoms with Crippen LogP contribution in [-0.4, -0.2) is 26.9 Å². The lowest BCUT2D eigenvalue weighted by atomic mass is 10.1. The predicted octanol–water partition coefficient (Wildman–Crippen LogP) is 3.47. The van der Waals surface area contributed by atoms with Crippen LogP contribution < -0.4 is 5.32 Å². The van der Waals surface area contributed by atoms with Crippen LogP contribution in [0.15, 0.2) is 54.6 Å². The van der Waals surface area contributed by atoms with Crippen molar-refractivity contribution in [1.29, 1.82) is 0 Å². The van der Waals surface area contributed by atoms with Gasteiger partial charge in [0.15, 0.2) is 0 Å². The number of aromatic nitrogens is 2. The van der Waals surface area contributed by atoms with Gasteiger partial charge in [0.25, 0.3) is 5.69 Å². The number of nitro benzene ring substituents is 1. The third-order valence-corrected chi connectivity index (χ3v) is 4.25. The van der Waals surface area contributed by atoms with Gasteiger partial charge in [0.2, 0.25) is 5.91 Å². The number of carbonyl (C=O) groups excluding carboxylic acids is 1. The number of imidazole rings is 1. The van der Waals surface area contributed by atoms with E-state index < -0.39 is 4.92 Å². The number of hydrogen-bond donors (Lipinski definition) is 1. The van der Waals surface area contributed by atoms with Gasteiger partial charge in [-0.2, -0.15) is 0 Å². The Labute approximate surface area is 156 Å². The summed E-state index contributed by atoms with van der Waals surface area (Å²) < 4.78 is 2.13. The third kappa shape index (κ3) is 4.38. The molecule has 3 rings (SSSR count). The molecule has 1 amide bonds. The van der Waals surface area contributed by atoms with Gasteiger partial charge in [-0.3, -0.25) is 14.9 Å². The Morgan fingerprint density at radius 2 is 1.96 bits per heavy atom. The smallest absolute Gasteiger partial charge is 0.276 e. The van der Waals surface area contributed by atoms with Crippen LogP contribution in [0.5, 0.6) is 0 Å². The molecule has 0 bridgehead atoms. The summed E-state index contributed by atoms with van der Waals surface area (Å²) in [5.74, 6) is 0.666. The number of nitro groups is 1. The van der Waals surface area contributed by atoms with Crippen molar-refractivity contribution in [3.8, 4) is 0 Å². The minimum Gasteiger partial charge on any atom is -0.352 e. The highest BCUT2D eigenvalue weighted by Gasteiger charge is 2.10. The number of fused-ring (bicyclic) bond motifs is 1. The minimum atomic E-state index is -0.463. The van der Waals surface area contributed by atoms with E-state index in [4.69, 9.17) is 0 Å². The number of benzene rings is 2. The number of hydrogen-bond acceptors (Lipinski definition) is 4. The number of rotatable bonds is 7. The van der Waals surface area contributed by atoms with Crippen molar-refractivity contribution < 1.29 is 9.72 Å². The molecule has 0 unspecified atom stereocenters. The van der Waals surface area contributed by atoms with Gasteiger partial charge in [-0.15, -0.1) is 0 Å². The van der Waals surface area contributed by atoms with Gasteiger partial charge in [-0.1, -0.05) is 24.3 Å². The maximum atomic E-state index is 12.0. The molecule has 1 N–H and O–H groups in total. The number of aryl methyl sites for hydroxylation is 2. The fourth-order valence-corrected chi connectivity index (χ4v) is 2.95. The van der Waals surface area contributed by atoms with E-state index in [0.717, 1.165) is 29.8 Å². The molecule has 0 saturated heterocycles. The summed E-state index contributed by atoms with van der Waals surface area (Å²) in [5, 5.41) is 13.8. The molecule has 0 saturated carbocycles. The summed E-state index contributed by atoms with van der Waals surface area (Å²) in [6.07, 6.45) is 3.54. The molecular formula is C20H20N4O3. The van der Waals surface area contributed by atoms with Gasteiger partial charge >= 0.3 is 0 Å². The van der Waals surface area contributed by atoms with E-state index in [-0.39, 0.29) is 11.6 Å². The van der Waals surface area contributed by atoms with Crippen molar-refractivity contribution >= 4 is 28.7 Å². The lowest BCUT2D eigenvalue weighted by molar-refractivity contribution is -0.385. The summed E-state index contributed by atoms with van der Waals surface area (Å²) in [4.78, 5) is 27.0. The normalized spacial score (nSPS) is 11.1. The van der Waals surface area contributed by atoms with Crippen LogP contribution in [0.2, 0.25) is 0 Å². The zero-order valence-electron chi connectivity index (χ0n) is 15.0. The minimum absolute atomic E-state index is 0.0241. The molecule has 1 aromatic heterocycles. The summed E-state index contributed by atoms with van der Waals surface area (Å²) in [6.45, 7) is 3.22. The van der Waals surface area contributed by atoms with Crippen molar-refractivity contribution in [2.75, 3.05) is 6.54 Å². The molecule has 7 nitrogen and oxygen atoms in total. The fourth-order valence-electron chi connectivity index (χ4n) is 2.95. The highest BCUT2D eigenvalue weighted by Crippen LogP contribution is 2.19. The molecule has 138 valence electrons. The largest absolute Gasteiger partial charge is 0.352 e. The lowest BCUT2D eigenvalue weighted by Crippen LogP contribution is -2.23. The zero-order chi connectivity index (χ0) is 19.2. The second-order valence-electron chi connectivity index (χ2n) is 6.09. The van der Waals surface area contributed by atoms with Crippen molar-refractivity contribution in [1.82, 2.24) is 14.9 Å². The monoisotopic (exact) mass is 364 g/mol. The Morgan fingerprint density at radius 3 is 2.78 bits per heavy atom. The van der Waals surface area contributed by atoms with E-state index in [1.807, 2.05) is 31.2 Å². The van der Waals surface area contributed by atoms with Gasteiger partial charge < -0.3 is 9.88 Å². The molecule has 0 fully saturated rings. The molecule has 0 aliphatic rings. The number of nitrogens with one attached hydrogen (secondary N) is 1. The SMILES string of the molecule is Cc1nc2ccccc2n1CCCNC(=O)/C=C/c1ccccc1[N+](=O)[O-]. The van der Waals surface area contributed by atoms with Crippen molar-refractivity contribution in [2.24, 2.45) is 0 Å². The van der Waals surface area contributed by atoms with Crippen LogP contribution in [0.4, 0.5) is 5.69 Å². The highest BCUT2D eigenvalue weighted by atomic mass is 16.6. The molecule has 3 aromatic rings. The standard InChI is InChI=1S/C20H20N4O3/c1-15-22-17-8-3-5-10-19(17)23(15)14-6-13-21-20(25)12-11-16-7-2-4-9-18(16)24(26)27/h2-5,7-12H,6,13-14H2,1H3,(H,21,25)/b12-11+. The van der Waals surface area contributed by atoms with E-state index in [1.54, 1.807) is 18.2 Å². The molecule has 7 heteroatoms. The van der Waals surface area contributed by atoms with Gasteiger partial charge in [0.1, 0.15) is 5.82 Å². The van der Waals surface area contributed by atoms with Gasteiger partial charge in [-0.25, -0.2) is 4.98 Å². The molecule has 0 aliphatic carbocycles. The summed E-state index contributed by atoms with van der Waals surface area (Å²) >= 11 is 0. The maximum absolute atomic E-state index is 12.0. The second-order valence-corrected chi connectivity index (χ2v) is 6.09. The average Bonchev–Trinajstić information content (AvgIpc) is 2.99. The topological polar surface area (TPSA) is 90.1 Å². The van der Waals surface area contributed by atoms with E-state index in [9.17, 15) is 14.9 Å². The summed E-state index contributed by atoms with van der Waals surface area (Å²) in [5.41, 5.74) is 2.42. The van der Waals surface area contributed by atoms with Gasteiger partial charge in [-0.05, 0) is 37.6 Å². The fraction of sp³-hybridized carbons (Fsp3) is 0.200. The van der Waals surface area contributed by atoms with Crippen LogP contribution in [-0.2, 0) is 11.3 Å². The summed E-state index contributed by atoms with van der Waals surface area (Å²) in [7, 11) is 0. The van der Waals surface area contributed by atoms with Crippen LogP contribution in [0, 0.1) is 17.0 Å². The van der Waals surface area contributed by atoms with Gasteiger partial charge in [0.05, 0.1) is 21.5 Å². The molecular weight excluding hydrogens is 344 g/mol. The van der Waals surface area contributed by atoms with Crippen molar-refractivity contribution in [3.05, 3.63) is 76.1 Å². The molecule has 0 aliphatic heterocycles. The Morgan fingerprint density at radius 1 is 1.22 bits per heavy atom. The quantitative estimate of drug-likeness (QED) is 0.301. The second kappa shape index (κ2) is 8.27. The molecule has 27 heavy (non-hydrogen) atoms. The number of amides is 1. The first kappa shape index (κ1) is 18.3. The van der Waals surface area contributed by atoms with Crippen LogP contribution >= 0.6 is 0 Å². The zero-order valence-corrected chi connectivity index (χ0v) is 15.0. The first-order chi connectivity index (χ1) is 13.1. The predicted molar refractivity (Wildman–Crippen MR) is 104 cm³/mol. The Kier molecular flexibility index (Phi) is 5.61.